The summed E-state index contributed by atoms with van der Waals surface area (Å²) in [6.07, 6.45) is -0.802. The van der Waals surface area contributed by atoms with Crippen LogP contribution in [-0.4, -0.2) is 32.4 Å². The maximum Gasteiger partial charge on any atom is 0.347 e. The largest absolute Gasteiger partial charge is 0.479 e. The monoisotopic (exact) mass is 368 g/mol. The Bertz CT molecular complexity index is 977. The summed E-state index contributed by atoms with van der Waals surface area (Å²) in [6, 6.07) is 16.2. The van der Waals surface area contributed by atoms with E-state index >= 15 is 0 Å². The van der Waals surface area contributed by atoms with Crippen molar-refractivity contribution in [2.75, 3.05) is 20.3 Å². The fourth-order valence-electron chi connectivity index (χ4n) is 2.67. The number of hydrogen-bond donors (Lipinski definition) is 0. The highest BCUT2D eigenvalue weighted by atomic mass is 16.6. The molecule has 0 fully saturated rings. The summed E-state index contributed by atoms with van der Waals surface area (Å²) in [5.74, 6) is -0.0845. The minimum absolute atomic E-state index is 0.163. The molecule has 0 radical (unpaired) electrons. The zero-order valence-corrected chi connectivity index (χ0v) is 15.1. The molecule has 0 aliphatic rings. The summed E-state index contributed by atoms with van der Waals surface area (Å²) in [5.41, 5.74) is 1.63. The highest BCUT2D eigenvalue weighted by Crippen LogP contribution is 2.29. The second-order valence-electron chi connectivity index (χ2n) is 5.92. The van der Waals surface area contributed by atoms with Gasteiger partial charge >= 0.3 is 11.6 Å². The maximum atomic E-state index is 12.0. The first kappa shape index (κ1) is 18.7. The van der Waals surface area contributed by atoms with Crippen molar-refractivity contribution in [1.29, 1.82) is 0 Å². The summed E-state index contributed by atoms with van der Waals surface area (Å²) in [7, 11) is 1.53. The molecule has 3 aromatic rings. The van der Waals surface area contributed by atoms with Crippen molar-refractivity contribution < 1.29 is 23.4 Å². The van der Waals surface area contributed by atoms with E-state index in [0.29, 0.717) is 17.9 Å². The van der Waals surface area contributed by atoms with Gasteiger partial charge in [-0.05, 0) is 30.2 Å². The molecule has 3 rings (SSSR count). The molecule has 0 bridgehead atoms. The Hall–Kier alpha value is -3.12. The third kappa shape index (κ3) is 4.54. The normalized spacial score (nSPS) is 11.9. The Kier molecular flexibility index (Phi) is 5.88. The molecule has 0 aliphatic heterocycles. The van der Waals surface area contributed by atoms with Crippen LogP contribution < -0.4 is 10.4 Å². The fraction of sp³-hybridized carbons (Fsp3) is 0.238. The van der Waals surface area contributed by atoms with Crippen molar-refractivity contribution in [2.24, 2.45) is 0 Å². The first-order chi connectivity index (χ1) is 13.1. The van der Waals surface area contributed by atoms with E-state index in [1.165, 1.54) is 13.2 Å². The number of carbonyl (C=O) groups is 1. The average Bonchev–Trinajstić information content (AvgIpc) is 2.67. The van der Waals surface area contributed by atoms with Gasteiger partial charge in [0.1, 0.15) is 17.9 Å². The molecule has 0 spiro atoms. The van der Waals surface area contributed by atoms with Crippen LogP contribution >= 0.6 is 0 Å². The molecule has 0 saturated carbocycles. The smallest absolute Gasteiger partial charge is 0.347 e. The summed E-state index contributed by atoms with van der Waals surface area (Å²) in [6.45, 7) is 2.08. The molecule has 0 saturated heterocycles. The van der Waals surface area contributed by atoms with Gasteiger partial charge in [-0.25, -0.2) is 9.59 Å². The Morgan fingerprint density at radius 1 is 1.07 bits per heavy atom. The Balaban J connectivity index is 1.86. The topological polar surface area (TPSA) is 75.0 Å². The van der Waals surface area contributed by atoms with Gasteiger partial charge in [0.2, 0.25) is 0 Å². The highest BCUT2D eigenvalue weighted by molar-refractivity contribution is 5.93. The van der Waals surface area contributed by atoms with E-state index in [9.17, 15) is 9.59 Å². The van der Waals surface area contributed by atoms with E-state index in [2.05, 4.69) is 0 Å². The molecule has 6 heteroatoms. The van der Waals surface area contributed by atoms with Crippen molar-refractivity contribution in [2.45, 2.75) is 13.0 Å². The Labute approximate surface area is 156 Å². The lowest BCUT2D eigenvalue weighted by Gasteiger charge is -2.14. The minimum atomic E-state index is -0.802. The third-order valence-corrected chi connectivity index (χ3v) is 3.98. The van der Waals surface area contributed by atoms with Gasteiger partial charge in [0.15, 0.2) is 6.10 Å². The molecule has 27 heavy (non-hydrogen) atoms. The lowest BCUT2D eigenvalue weighted by molar-refractivity contribution is -0.152. The highest BCUT2D eigenvalue weighted by Gasteiger charge is 2.17. The van der Waals surface area contributed by atoms with Crippen molar-refractivity contribution in [3.8, 4) is 16.9 Å². The number of rotatable bonds is 7. The molecule has 0 N–H and O–H groups in total. The first-order valence-electron chi connectivity index (χ1n) is 8.54. The van der Waals surface area contributed by atoms with Crippen LogP contribution in [0, 0.1) is 0 Å². The van der Waals surface area contributed by atoms with E-state index in [1.807, 2.05) is 30.3 Å². The van der Waals surface area contributed by atoms with Crippen molar-refractivity contribution in [3.05, 3.63) is 65.0 Å². The van der Waals surface area contributed by atoms with Crippen LogP contribution in [0.5, 0.6) is 5.75 Å². The fourth-order valence-corrected chi connectivity index (χ4v) is 2.67. The molecule has 1 aromatic heterocycles. The molecular formula is C21H20O6. The predicted octanol–water partition coefficient (Wildman–Crippen LogP) is 3.42. The second kappa shape index (κ2) is 8.51. The number of hydrogen-bond acceptors (Lipinski definition) is 6. The van der Waals surface area contributed by atoms with Gasteiger partial charge in [0.05, 0.1) is 6.61 Å². The number of fused-ring (bicyclic) bond motifs is 1. The van der Waals surface area contributed by atoms with Gasteiger partial charge in [0.25, 0.3) is 0 Å². The van der Waals surface area contributed by atoms with E-state index in [0.717, 1.165) is 16.5 Å². The van der Waals surface area contributed by atoms with Crippen LogP contribution in [0.25, 0.3) is 22.1 Å². The molecule has 0 amide bonds. The van der Waals surface area contributed by atoms with E-state index in [-0.39, 0.29) is 6.61 Å². The second-order valence-corrected chi connectivity index (χ2v) is 5.92. The molecule has 0 aliphatic carbocycles. The minimum Gasteiger partial charge on any atom is -0.479 e. The maximum absolute atomic E-state index is 12.0. The van der Waals surface area contributed by atoms with E-state index < -0.39 is 17.7 Å². The van der Waals surface area contributed by atoms with Gasteiger partial charge in [-0.3, -0.25) is 0 Å². The molecule has 1 heterocycles. The van der Waals surface area contributed by atoms with Gasteiger partial charge < -0.3 is 18.6 Å². The molecule has 2 aromatic carbocycles. The number of ether oxygens (including phenoxy) is 3. The summed E-state index contributed by atoms with van der Waals surface area (Å²) in [4.78, 5) is 23.9. The van der Waals surface area contributed by atoms with Gasteiger partial charge in [-0.2, -0.15) is 0 Å². The van der Waals surface area contributed by atoms with Crippen LogP contribution in [0.3, 0.4) is 0 Å². The van der Waals surface area contributed by atoms with Crippen LogP contribution in [0.15, 0.2) is 63.8 Å². The van der Waals surface area contributed by atoms with Crippen LogP contribution in [0.4, 0.5) is 0 Å². The van der Waals surface area contributed by atoms with Gasteiger partial charge in [-0.15, -0.1) is 0 Å². The summed E-state index contributed by atoms with van der Waals surface area (Å²) >= 11 is 0. The van der Waals surface area contributed by atoms with Crippen LogP contribution in [0.2, 0.25) is 0 Å². The van der Waals surface area contributed by atoms with E-state index in [1.54, 1.807) is 25.1 Å². The van der Waals surface area contributed by atoms with Crippen molar-refractivity contribution >= 4 is 16.9 Å². The first-order valence-corrected chi connectivity index (χ1v) is 8.54. The van der Waals surface area contributed by atoms with E-state index in [4.69, 9.17) is 18.6 Å². The standard InChI is InChI=1S/C21H20O6/c1-14(21(23)25-11-10-24-2)26-16-8-9-17-18(15-6-4-3-5-7-15)13-20(22)27-19(17)12-16/h3-9,12-14H,10-11H2,1-2H3/t14-/m0/s1. The quantitative estimate of drug-likeness (QED) is 0.361. The molecular weight excluding hydrogens is 348 g/mol. The molecule has 1 atom stereocenters. The lowest BCUT2D eigenvalue weighted by Crippen LogP contribution is -2.27. The predicted molar refractivity (Wildman–Crippen MR) is 101 cm³/mol. The van der Waals surface area contributed by atoms with Crippen LogP contribution in [-0.2, 0) is 14.3 Å². The number of carbonyl (C=O) groups excluding carboxylic acids is 1. The zero-order valence-electron chi connectivity index (χ0n) is 15.1. The number of esters is 1. The zero-order chi connectivity index (χ0) is 19.2. The average molecular weight is 368 g/mol. The summed E-state index contributed by atoms with van der Waals surface area (Å²) in [5, 5.41) is 0.781. The Morgan fingerprint density at radius 3 is 2.59 bits per heavy atom. The van der Waals surface area contributed by atoms with Crippen molar-refractivity contribution in [1.82, 2.24) is 0 Å². The third-order valence-electron chi connectivity index (χ3n) is 3.98. The van der Waals surface area contributed by atoms with Gasteiger partial charge in [-0.1, -0.05) is 30.3 Å². The number of methoxy groups -OCH3 is 1. The SMILES string of the molecule is COCCOC(=O)[C@H](C)Oc1ccc2c(-c3ccccc3)cc(=O)oc2c1. The van der Waals surface area contributed by atoms with Crippen molar-refractivity contribution in [3.63, 3.8) is 0 Å². The van der Waals surface area contributed by atoms with Crippen LogP contribution in [0.1, 0.15) is 6.92 Å². The molecule has 6 nitrogen and oxygen atoms in total. The summed E-state index contributed by atoms with van der Waals surface area (Å²) < 4.78 is 20.8. The lowest BCUT2D eigenvalue weighted by atomic mass is 10.0. The van der Waals surface area contributed by atoms with Gasteiger partial charge in [0, 0.05) is 24.6 Å². The molecule has 140 valence electrons. The number of benzene rings is 2. The Morgan fingerprint density at radius 2 is 1.85 bits per heavy atom. The molecule has 0 unspecified atom stereocenters.